The van der Waals surface area contributed by atoms with Crippen molar-refractivity contribution in [2.45, 2.75) is 12.5 Å². The van der Waals surface area contributed by atoms with Crippen molar-refractivity contribution >= 4 is 23.0 Å². The van der Waals surface area contributed by atoms with Crippen LogP contribution in [0.15, 0.2) is 30.5 Å². The van der Waals surface area contributed by atoms with Crippen LogP contribution in [0, 0.1) is 0 Å². The Morgan fingerprint density at radius 1 is 1.33 bits per heavy atom. The molecular weight excluding hydrogens is 234 g/mol. The van der Waals surface area contributed by atoms with Gasteiger partial charge in [-0.3, -0.25) is 0 Å². The fraction of sp³-hybridized carbons (Fsp3) is 0.167. The Labute approximate surface area is 103 Å². The molecule has 0 unspecified atom stereocenters. The summed E-state index contributed by atoms with van der Waals surface area (Å²) >= 11 is 0. The smallest absolute Gasteiger partial charge is 0.375 e. The third-order valence-corrected chi connectivity index (χ3v) is 2.62. The molecule has 0 radical (unpaired) electrons. The van der Waals surface area contributed by atoms with E-state index in [2.05, 4.69) is 9.72 Å². The molecule has 0 aliphatic heterocycles. The van der Waals surface area contributed by atoms with E-state index in [1.54, 1.807) is 6.20 Å². The second-order valence-corrected chi connectivity index (χ2v) is 3.91. The number of aromatic nitrogens is 1. The fourth-order valence-corrected chi connectivity index (χ4v) is 1.80. The maximum absolute atomic E-state index is 11.4. The van der Waals surface area contributed by atoms with Crippen molar-refractivity contribution in [1.82, 2.24) is 4.98 Å². The minimum atomic E-state index is -1.14. The lowest BCUT2D eigenvalue weighted by atomic mass is 10.1. The van der Waals surface area contributed by atoms with Crippen LogP contribution < -0.4 is 11.5 Å². The Balaban J connectivity index is 2.14. The highest BCUT2D eigenvalue weighted by molar-refractivity contribution is 5.88. The molecule has 1 aromatic carbocycles. The zero-order valence-electron chi connectivity index (χ0n) is 9.55. The molecule has 2 rings (SSSR count). The molecule has 1 aromatic heterocycles. The van der Waals surface area contributed by atoms with E-state index in [0.717, 1.165) is 16.5 Å². The van der Waals surface area contributed by atoms with Crippen LogP contribution in [0.2, 0.25) is 0 Å². The van der Waals surface area contributed by atoms with Crippen molar-refractivity contribution in [3.63, 3.8) is 0 Å². The lowest BCUT2D eigenvalue weighted by Gasteiger charge is -2.08. The molecule has 0 spiro atoms. The van der Waals surface area contributed by atoms with Gasteiger partial charge in [-0.15, -0.1) is 0 Å². The van der Waals surface area contributed by atoms with Crippen molar-refractivity contribution in [1.29, 1.82) is 0 Å². The lowest BCUT2D eigenvalue weighted by molar-refractivity contribution is -0.138. The normalized spacial score (nSPS) is 12.3. The third-order valence-electron chi connectivity index (χ3n) is 2.62. The Hall–Kier alpha value is -2.34. The number of hydrogen-bond acceptors (Lipinski definition) is 4. The van der Waals surface area contributed by atoms with E-state index >= 15 is 0 Å². The minimum absolute atomic E-state index is 0.274. The number of nitrogens with one attached hydrogen (secondary N) is 1. The molecule has 0 aliphatic carbocycles. The molecule has 0 bridgehead atoms. The number of primary amides is 1. The zero-order chi connectivity index (χ0) is 13.1. The van der Waals surface area contributed by atoms with Crippen LogP contribution in [-0.2, 0) is 16.0 Å². The predicted octanol–water partition coefficient (Wildman–Crippen LogP) is 0.660. The molecular formula is C12H13N3O3. The van der Waals surface area contributed by atoms with Crippen LogP contribution in [0.3, 0.4) is 0 Å². The van der Waals surface area contributed by atoms with Crippen LogP contribution >= 0.6 is 0 Å². The second-order valence-electron chi connectivity index (χ2n) is 3.91. The van der Waals surface area contributed by atoms with Crippen LogP contribution in [0.4, 0.5) is 4.79 Å². The Kier molecular flexibility index (Phi) is 3.29. The van der Waals surface area contributed by atoms with Crippen LogP contribution in [0.5, 0.6) is 0 Å². The van der Waals surface area contributed by atoms with Crippen molar-refractivity contribution in [3.05, 3.63) is 36.0 Å². The molecule has 5 N–H and O–H groups in total. The maximum Gasteiger partial charge on any atom is 0.412 e. The van der Waals surface area contributed by atoms with E-state index in [0.29, 0.717) is 0 Å². The molecule has 0 saturated heterocycles. The number of aromatic amines is 1. The third kappa shape index (κ3) is 2.49. The number of para-hydroxylation sites is 1. The summed E-state index contributed by atoms with van der Waals surface area (Å²) in [7, 11) is 0. The number of carbonyl (C=O) groups is 2. The van der Waals surface area contributed by atoms with Gasteiger partial charge in [0.1, 0.15) is 6.04 Å². The van der Waals surface area contributed by atoms with Gasteiger partial charge in [0.25, 0.3) is 0 Å². The molecule has 94 valence electrons. The van der Waals surface area contributed by atoms with Gasteiger partial charge in [-0.05, 0) is 11.6 Å². The van der Waals surface area contributed by atoms with Crippen molar-refractivity contribution in [2.24, 2.45) is 11.5 Å². The number of benzene rings is 1. The van der Waals surface area contributed by atoms with E-state index in [4.69, 9.17) is 11.5 Å². The first-order chi connectivity index (χ1) is 8.58. The molecule has 1 atom stereocenters. The van der Waals surface area contributed by atoms with Crippen molar-refractivity contribution in [2.75, 3.05) is 0 Å². The monoisotopic (exact) mass is 247 g/mol. The number of esters is 1. The first-order valence-corrected chi connectivity index (χ1v) is 5.39. The summed E-state index contributed by atoms with van der Waals surface area (Å²) in [6.07, 6.45) is 0.910. The van der Waals surface area contributed by atoms with Gasteiger partial charge in [0.05, 0.1) is 0 Å². The van der Waals surface area contributed by atoms with Crippen molar-refractivity contribution < 1.29 is 14.3 Å². The topological polar surface area (TPSA) is 111 Å². The van der Waals surface area contributed by atoms with Gasteiger partial charge in [-0.1, -0.05) is 18.2 Å². The molecule has 0 fully saturated rings. The summed E-state index contributed by atoms with van der Waals surface area (Å²) in [6, 6.07) is 6.73. The van der Waals surface area contributed by atoms with Gasteiger partial charge in [-0.2, -0.15) is 0 Å². The minimum Gasteiger partial charge on any atom is -0.375 e. The molecule has 0 aliphatic rings. The van der Waals surface area contributed by atoms with Crippen LogP contribution in [-0.4, -0.2) is 23.1 Å². The highest BCUT2D eigenvalue weighted by atomic mass is 16.6. The standard InChI is InChI=1S/C12H13N3O3/c13-9(11(16)18-12(14)17)5-7-6-15-10-4-2-1-3-8(7)10/h1-4,6,9,15H,5,13H2,(H2,14,17)/t9-/m0/s1. The van der Waals surface area contributed by atoms with Gasteiger partial charge >= 0.3 is 12.1 Å². The number of ether oxygens (including phenoxy) is 1. The Morgan fingerprint density at radius 2 is 2.06 bits per heavy atom. The number of hydrogen-bond donors (Lipinski definition) is 3. The quantitative estimate of drug-likeness (QED) is 0.546. The first-order valence-electron chi connectivity index (χ1n) is 5.39. The van der Waals surface area contributed by atoms with Gasteiger partial charge in [0.2, 0.25) is 0 Å². The van der Waals surface area contributed by atoms with Gasteiger partial charge in [-0.25, -0.2) is 9.59 Å². The molecule has 0 saturated carbocycles. The number of H-pyrrole nitrogens is 1. The molecule has 1 amide bonds. The summed E-state index contributed by atoms with van der Waals surface area (Å²) in [6.45, 7) is 0. The fourth-order valence-electron chi connectivity index (χ4n) is 1.80. The largest absolute Gasteiger partial charge is 0.412 e. The van der Waals surface area contributed by atoms with E-state index in [9.17, 15) is 9.59 Å². The summed E-state index contributed by atoms with van der Waals surface area (Å²) in [5.74, 6) is -0.826. The van der Waals surface area contributed by atoms with E-state index in [1.165, 1.54) is 0 Å². The molecule has 1 heterocycles. The van der Waals surface area contributed by atoms with Gasteiger partial charge < -0.3 is 21.2 Å². The van der Waals surface area contributed by atoms with E-state index in [1.807, 2.05) is 24.3 Å². The van der Waals surface area contributed by atoms with E-state index < -0.39 is 18.1 Å². The number of amides is 1. The SMILES string of the molecule is NC(=O)OC(=O)[C@@H](N)Cc1c[nH]c2ccccc12. The van der Waals surface area contributed by atoms with Gasteiger partial charge in [0.15, 0.2) is 0 Å². The zero-order valence-corrected chi connectivity index (χ0v) is 9.55. The highest BCUT2D eigenvalue weighted by Crippen LogP contribution is 2.18. The summed E-state index contributed by atoms with van der Waals surface area (Å²) in [4.78, 5) is 24.9. The average Bonchev–Trinajstić information content (AvgIpc) is 2.72. The maximum atomic E-state index is 11.4. The number of nitrogens with two attached hydrogens (primary N) is 2. The molecule has 2 aromatic rings. The summed E-state index contributed by atoms with van der Waals surface area (Å²) in [5.41, 5.74) is 12.3. The summed E-state index contributed by atoms with van der Waals surface area (Å²) in [5, 5.41) is 0.986. The highest BCUT2D eigenvalue weighted by Gasteiger charge is 2.19. The number of fused-ring (bicyclic) bond motifs is 1. The number of rotatable bonds is 3. The lowest BCUT2D eigenvalue weighted by Crippen LogP contribution is -2.36. The summed E-state index contributed by atoms with van der Waals surface area (Å²) < 4.78 is 4.24. The predicted molar refractivity (Wildman–Crippen MR) is 65.7 cm³/mol. The second kappa shape index (κ2) is 4.89. The molecule has 6 heteroatoms. The molecule has 6 nitrogen and oxygen atoms in total. The molecule has 18 heavy (non-hydrogen) atoms. The van der Waals surface area contributed by atoms with Gasteiger partial charge in [0, 0.05) is 23.5 Å². The Bertz CT molecular complexity index is 591. The number of carbonyl (C=O) groups excluding carboxylic acids is 2. The van der Waals surface area contributed by atoms with Crippen LogP contribution in [0.25, 0.3) is 10.9 Å². The van der Waals surface area contributed by atoms with Crippen molar-refractivity contribution in [3.8, 4) is 0 Å². The average molecular weight is 247 g/mol. The Morgan fingerprint density at radius 3 is 2.78 bits per heavy atom. The first kappa shape index (κ1) is 12.1. The van der Waals surface area contributed by atoms with Crippen LogP contribution in [0.1, 0.15) is 5.56 Å². The van der Waals surface area contributed by atoms with E-state index in [-0.39, 0.29) is 6.42 Å².